The molecule has 0 spiro atoms. The van der Waals surface area contributed by atoms with Crippen molar-refractivity contribution in [2.24, 2.45) is 0 Å². The van der Waals surface area contributed by atoms with Crippen molar-refractivity contribution in [1.29, 1.82) is 0 Å². The molecule has 20 heavy (non-hydrogen) atoms. The molecular weight excluding hydrogens is 286 g/mol. The number of fused-ring (bicyclic) bond motifs is 1. The van der Waals surface area contributed by atoms with Gasteiger partial charge in [-0.2, -0.15) is 0 Å². The number of nitrogens with one attached hydrogen (secondary N) is 1. The first-order chi connectivity index (χ1) is 9.56. The van der Waals surface area contributed by atoms with Crippen LogP contribution >= 0.6 is 11.6 Å². The highest BCUT2D eigenvalue weighted by atomic mass is 35.5. The predicted molar refractivity (Wildman–Crippen MR) is 73.0 cm³/mol. The number of halogens is 3. The van der Waals surface area contributed by atoms with Crippen LogP contribution in [-0.4, -0.2) is 6.03 Å². The van der Waals surface area contributed by atoms with Crippen molar-refractivity contribution in [3.63, 3.8) is 0 Å². The van der Waals surface area contributed by atoms with Gasteiger partial charge in [-0.15, -0.1) is 0 Å². The Balaban J connectivity index is 2.04. The number of anilines is 2. The molecule has 0 saturated carbocycles. The normalized spacial score (nSPS) is 13.9. The van der Waals surface area contributed by atoms with Crippen molar-refractivity contribution in [1.82, 2.24) is 0 Å². The maximum atomic E-state index is 14.0. The molecule has 2 aromatic rings. The highest BCUT2D eigenvalue weighted by Gasteiger charge is 2.26. The molecule has 0 atom stereocenters. The topological polar surface area (TPSA) is 32.3 Å². The molecule has 0 saturated heterocycles. The molecule has 102 valence electrons. The summed E-state index contributed by atoms with van der Waals surface area (Å²) in [6, 6.07) is 7.97. The molecule has 1 N–H and O–H groups in total. The van der Waals surface area contributed by atoms with Gasteiger partial charge in [0.15, 0.2) is 5.82 Å². The van der Waals surface area contributed by atoms with E-state index in [9.17, 15) is 13.6 Å². The second kappa shape index (κ2) is 4.76. The van der Waals surface area contributed by atoms with E-state index < -0.39 is 17.7 Å². The van der Waals surface area contributed by atoms with Crippen LogP contribution in [0.1, 0.15) is 5.56 Å². The second-order valence-electron chi connectivity index (χ2n) is 4.39. The summed E-state index contributed by atoms with van der Waals surface area (Å²) < 4.78 is 27.2. The van der Waals surface area contributed by atoms with Crippen LogP contribution in [0.5, 0.6) is 0 Å². The molecule has 1 aliphatic heterocycles. The van der Waals surface area contributed by atoms with E-state index in [2.05, 4.69) is 5.32 Å². The van der Waals surface area contributed by atoms with Gasteiger partial charge in [-0.25, -0.2) is 13.6 Å². The average Bonchev–Trinajstić information content (AvgIpc) is 2.42. The first-order valence-corrected chi connectivity index (χ1v) is 6.25. The maximum absolute atomic E-state index is 14.0. The van der Waals surface area contributed by atoms with Crippen LogP contribution in [0.2, 0.25) is 5.02 Å². The molecule has 0 unspecified atom stereocenters. The van der Waals surface area contributed by atoms with Gasteiger partial charge in [0.1, 0.15) is 5.82 Å². The fourth-order valence-corrected chi connectivity index (χ4v) is 2.30. The van der Waals surface area contributed by atoms with Crippen molar-refractivity contribution < 1.29 is 13.6 Å². The van der Waals surface area contributed by atoms with Gasteiger partial charge in [-0.3, -0.25) is 4.90 Å². The molecule has 6 heteroatoms. The van der Waals surface area contributed by atoms with Crippen LogP contribution in [0.3, 0.4) is 0 Å². The molecule has 0 aromatic heterocycles. The molecule has 0 bridgehead atoms. The van der Waals surface area contributed by atoms with Gasteiger partial charge in [-0.1, -0.05) is 17.7 Å². The lowest BCUT2D eigenvalue weighted by molar-refractivity contribution is 0.255. The van der Waals surface area contributed by atoms with E-state index in [1.54, 1.807) is 6.07 Å². The Kier molecular flexibility index (Phi) is 3.06. The third-order valence-electron chi connectivity index (χ3n) is 3.10. The van der Waals surface area contributed by atoms with Gasteiger partial charge in [0.05, 0.1) is 17.3 Å². The minimum atomic E-state index is -0.677. The minimum absolute atomic E-state index is 0.0601. The van der Waals surface area contributed by atoms with Gasteiger partial charge in [0.25, 0.3) is 0 Å². The fraction of sp³-hybridized carbons (Fsp3) is 0.0714. The number of benzene rings is 2. The lowest BCUT2D eigenvalue weighted by atomic mass is 10.1. The molecule has 0 aliphatic carbocycles. The Morgan fingerprint density at radius 1 is 1.20 bits per heavy atom. The molecule has 0 radical (unpaired) electrons. The molecule has 1 heterocycles. The number of hydrogen-bond donors (Lipinski definition) is 1. The predicted octanol–water partition coefficient (Wildman–Crippen LogP) is 4.17. The lowest BCUT2D eigenvalue weighted by Gasteiger charge is -2.29. The maximum Gasteiger partial charge on any atom is 0.326 e. The van der Waals surface area contributed by atoms with Gasteiger partial charge >= 0.3 is 6.03 Å². The van der Waals surface area contributed by atoms with E-state index in [-0.39, 0.29) is 17.3 Å². The summed E-state index contributed by atoms with van der Waals surface area (Å²) >= 11 is 5.71. The third kappa shape index (κ3) is 2.10. The average molecular weight is 295 g/mol. The van der Waals surface area contributed by atoms with Crippen LogP contribution in [-0.2, 0) is 6.54 Å². The zero-order chi connectivity index (χ0) is 14.3. The van der Waals surface area contributed by atoms with E-state index >= 15 is 0 Å². The SMILES string of the molecule is O=C1Nc2ccc(F)cc2CN1c1cccc(Cl)c1F. The molecule has 3 rings (SSSR count). The zero-order valence-corrected chi connectivity index (χ0v) is 10.9. The summed E-state index contributed by atoms with van der Waals surface area (Å²) in [4.78, 5) is 13.2. The van der Waals surface area contributed by atoms with Gasteiger partial charge < -0.3 is 5.32 Å². The van der Waals surface area contributed by atoms with E-state index in [0.29, 0.717) is 11.3 Å². The number of rotatable bonds is 1. The standard InChI is InChI=1S/C14H9ClF2N2O/c15-10-2-1-3-12(13(10)17)19-7-8-6-9(16)4-5-11(8)18-14(19)20/h1-6H,7H2,(H,18,20). The smallest absolute Gasteiger partial charge is 0.307 e. The number of urea groups is 1. The van der Waals surface area contributed by atoms with Crippen LogP contribution in [0.15, 0.2) is 36.4 Å². The summed E-state index contributed by atoms with van der Waals surface area (Å²) in [5, 5.41) is 2.52. The number of amides is 2. The summed E-state index contributed by atoms with van der Waals surface area (Å²) in [6.45, 7) is 0.0796. The van der Waals surface area contributed by atoms with Crippen molar-refractivity contribution in [2.45, 2.75) is 6.54 Å². The van der Waals surface area contributed by atoms with Gasteiger partial charge in [-0.05, 0) is 35.9 Å². The quantitative estimate of drug-likeness (QED) is 0.841. The highest BCUT2D eigenvalue weighted by molar-refractivity contribution is 6.31. The van der Waals surface area contributed by atoms with Crippen molar-refractivity contribution >= 4 is 29.0 Å². The molecule has 0 fully saturated rings. The van der Waals surface area contributed by atoms with Gasteiger partial charge in [0.2, 0.25) is 0 Å². The van der Waals surface area contributed by atoms with Crippen molar-refractivity contribution in [3.05, 3.63) is 58.6 Å². The monoisotopic (exact) mass is 294 g/mol. The Hall–Kier alpha value is -2.14. The summed E-state index contributed by atoms with van der Waals surface area (Å²) in [6.07, 6.45) is 0. The first-order valence-electron chi connectivity index (χ1n) is 5.87. The second-order valence-corrected chi connectivity index (χ2v) is 4.80. The fourth-order valence-electron chi connectivity index (χ4n) is 2.14. The van der Waals surface area contributed by atoms with Crippen LogP contribution in [0.4, 0.5) is 25.0 Å². The van der Waals surface area contributed by atoms with Crippen molar-refractivity contribution in [3.8, 4) is 0 Å². The zero-order valence-electron chi connectivity index (χ0n) is 10.2. The Morgan fingerprint density at radius 2 is 2.00 bits per heavy atom. The minimum Gasteiger partial charge on any atom is -0.307 e. The van der Waals surface area contributed by atoms with Crippen molar-refractivity contribution in [2.75, 3.05) is 10.2 Å². The summed E-state index contributed by atoms with van der Waals surface area (Å²) in [5.41, 5.74) is 1.16. The Bertz CT molecular complexity index is 706. The summed E-state index contributed by atoms with van der Waals surface area (Å²) in [5.74, 6) is -1.09. The molecule has 2 aromatic carbocycles. The number of hydrogen-bond acceptors (Lipinski definition) is 1. The van der Waals surface area contributed by atoms with E-state index in [1.165, 1.54) is 35.2 Å². The highest BCUT2D eigenvalue weighted by Crippen LogP contribution is 2.31. The van der Waals surface area contributed by atoms with Crippen LogP contribution in [0.25, 0.3) is 0 Å². The van der Waals surface area contributed by atoms with E-state index in [1.807, 2.05) is 0 Å². The molecule has 2 amide bonds. The number of carbonyl (C=O) groups is 1. The lowest BCUT2D eigenvalue weighted by Crippen LogP contribution is -2.39. The third-order valence-corrected chi connectivity index (χ3v) is 3.40. The molecule has 3 nitrogen and oxygen atoms in total. The Labute approximate surface area is 118 Å². The first kappa shape index (κ1) is 12.9. The Morgan fingerprint density at radius 3 is 2.80 bits per heavy atom. The van der Waals surface area contributed by atoms with Crippen LogP contribution < -0.4 is 10.2 Å². The van der Waals surface area contributed by atoms with E-state index in [4.69, 9.17) is 11.6 Å². The van der Waals surface area contributed by atoms with Gasteiger partial charge in [0, 0.05) is 5.69 Å². The number of nitrogens with zero attached hydrogens (tertiary/aromatic N) is 1. The summed E-state index contributed by atoms with van der Waals surface area (Å²) in [7, 11) is 0. The van der Waals surface area contributed by atoms with E-state index in [0.717, 1.165) is 0 Å². The molecular formula is C14H9ClF2N2O. The molecule has 1 aliphatic rings. The largest absolute Gasteiger partial charge is 0.326 e. The number of carbonyl (C=O) groups excluding carboxylic acids is 1. The van der Waals surface area contributed by atoms with Crippen LogP contribution in [0, 0.1) is 11.6 Å².